The molecule has 186 valence electrons. The highest BCUT2D eigenvalue weighted by Gasteiger charge is 2.58. The van der Waals surface area contributed by atoms with Gasteiger partial charge in [0.1, 0.15) is 17.7 Å². The highest BCUT2D eigenvalue weighted by molar-refractivity contribution is 5.98. The van der Waals surface area contributed by atoms with Crippen LogP contribution in [-0.2, 0) is 5.41 Å². The molecule has 1 aromatic carbocycles. The highest BCUT2D eigenvalue weighted by Crippen LogP contribution is 2.42. The van der Waals surface area contributed by atoms with Gasteiger partial charge >= 0.3 is 0 Å². The van der Waals surface area contributed by atoms with Gasteiger partial charge in [0.2, 0.25) is 0 Å². The van der Waals surface area contributed by atoms with Crippen LogP contribution >= 0.6 is 0 Å². The Labute approximate surface area is 202 Å². The third kappa shape index (κ3) is 3.91. The second-order valence-electron chi connectivity index (χ2n) is 10.7. The maximum Gasteiger partial charge on any atom is 0.255 e. The van der Waals surface area contributed by atoms with Crippen molar-refractivity contribution < 1.29 is 14.6 Å². The molecule has 3 unspecified atom stereocenters. The number of carbonyl (C=O) groups excluding carboxylic acids is 1. The number of hydrogen-bond donors (Lipinski definition) is 4. The molecule has 3 aliphatic heterocycles. The van der Waals surface area contributed by atoms with Crippen molar-refractivity contribution in [2.45, 2.75) is 83.5 Å². The number of para-hydroxylation sites is 1. The maximum atomic E-state index is 13.5. The van der Waals surface area contributed by atoms with Crippen molar-refractivity contribution in [1.82, 2.24) is 15.5 Å². The number of hydrogen-bond acceptors (Lipinski definition) is 6. The standard InChI is InChI=1S/C26H39N5O3/c1-7-20(27)30-19-13-28-23(15(2)3)31-14-18(22(32)26(19,31)6)29-24(33)16-9-8-10-17-21(16)34-12-11-25(17,4)5/h8-10,18-19,22,28,32H,7,11-14H2,1-6H3,(H2,27,30)(H,29,33)/t18?,19?,22?,26-/m0/s1. The third-order valence-electron chi connectivity index (χ3n) is 7.78. The van der Waals surface area contributed by atoms with E-state index in [1.54, 1.807) is 6.07 Å². The number of nitrogens with two attached hydrogens (primary N) is 1. The summed E-state index contributed by atoms with van der Waals surface area (Å²) in [5, 5.41) is 18.1. The SMILES string of the molecule is CCC(N)=NC1CNC(=C(C)C)N2CC(NC(=O)c3cccc4c3OCCC4(C)C)C(O)[C@]12C. The molecule has 0 radical (unpaired) electrons. The number of aliphatic hydroxyl groups is 1. The number of ether oxygens (including phenoxy) is 1. The van der Waals surface area contributed by atoms with Crippen LogP contribution in [0.25, 0.3) is 0 Å². The summed E-state index contributed by atoms with van der Waals surface area (Å²) in [7, 11) is 0. The second kappa shape index (κ2) is 8.80. The molecule has 0 aliphatic carbocycles. The lowest BCUT2D eigenvalue weighted by atomic mass is 9.79. The molecule has 0 saturated carbocycles. The predicted molar refractivity (Wildman–Crippen MR) is 134 cm³/mol. The van der Waals surface area contributed by atoms with Gasteiger partial charge in [-0.05, 0) is 44.2 Å². The number of carbonyl (C=O) groups is 1. The molecule has 5 N–H and O–H groups in total. The molecular weight excluding hydrogens is 430 g/mol. The Balaban J connectivity index is 1.65. The van der Waals surface area contributed by atoms with E-state index in [9.17, 15) is 9.90 Å². The van der Waals surface area contributed by atoms with Crippen molar-refractivity contribution in [3.63, 3.8) is 0 Å². The van der Waals surface area contributed by atoms with Crippen molar-refractivity contribution in [3.05, 3.63) is 40.7 Å². The number of benzene rings is 1. The van der Waals surface area contributed by atoms with Crippen LogP contribution in [0.3, 0.4) is 0 Å². The van der Waals surface area contributed by atoms with E-state index in [0.29, 0.717) is 43.3 Å². The van der Waals surface area contributed by atoms with E-state index in [-0.39, 0.29) is 17.4 Å². The average Bonchev–Trinajstić information content (AvgIpc) is 3.04. The van der Waals surface area contributed by atoms with Crippen molar-refractivity contribution in [3.8, 4) is 5.75 Å². The molecule has 4 atom stereocenters. The van der Waals surface area contributed by atoms with E-state index in [2.05, 4.69) is 29.4 Å². The Morgan fingerprint density at radius 1 is 1.35 bits per heavy atom. The zero-order valence-electron chi connectivity index (χ0n) is 21.2. The normalized spacial score (nSPS) is 30.1. The molecule has 1 amide bonds. The van der Waals surface area contributed by atoms with E-state index < -0.39 is 17.7 Å². The van der Waals surface area contributed by atoms with Crippen LogP contribution in [0.2, 0.25) is 0 Å². The Morgan fingerprint density at radius 2 is 2.09 bits per heavy atom. The fourth-order valence-electron chi connectivity index (χ4n) is 5.50. The average molecular weight is 470 g/mol. The van der Waals surface area contributed by atoms with Crippen LogP contribution in [0, 0.1) is 0 Å². The molecule has 0 aromatic heterocycles. The molecule has 0 spiro atoms. The minimum absolute atomic E-state index is 0.0562. The van der Waals surface area contributed by atoms with Crippen LogP contribution < -0.4 is 21.1 Å². The number of allylic oxidation sites excluding steroid dienone is 1. The first-order valence-electron chi connectivity index (χ1n) is 12.3. The molecular formula is C26H39N5O3. The van der Waals surface area contributed by atoms with E-state index in [1.807, 2.05) is 39.8 Å². The number of nitrogens with zero attached hydrogens (tertiary/aromatic N) is 2. The van der Waals surface area contributed by atoms with Gasteiger partial charge in [-0.2, -0.15) is 0 Å². The predicted octanol–water partition coefficient (Wildman–Crippen LogP) is 2.27. The number of nitrogens with one attached hydrogen (secondary N) is 2. The maximum absolute atomic E-state index is 13.5. The van der Waals surface area contributed by atoms with Gasteiger partial charge in [0.05, 0.1) is 35.6 Å². The van der Waals surface area contributed by atoms with Crippen molar-refractivity contribution >= 4 is 11.7 Å². The van der Waals surface area contributed by atoms with Crippen LogP contribution in [0.15, 0.2) is 34.6 Å². The minimum Gasteiger partial charge on any atom is -0.492 e. The fraction of sp³-hybridized carbons (Fsp3) is 0.615. The Hall–Kier alpha value is -2.74. The van der Waals surface area contributed by atoms with Gasteiger partial charge in [0, 0.05) is 25.1 Å². The lowest BCUT2D eigenvalue weighted by molar-refractivity contribution is 0.0137. The van der Waals surface area contributed by atoms with Gasteiger partial charge in [-0.15, -0.1) is 0 Å². The van der Waals surface area contributed by atoms with E-state index >= 15 is 0 Å². The smallest absolute Gasteiger partial charge is 0.255 e. The quantitative estimate of drug-likeness (QED) is 0.398. The molecule has 0 bridgehead atoms. The number of rotatable bonds is 4. The molecule has 1 aromatic rings. The van der Waals surface area contributed by atoms with Crippen LogP contribution in [0.1, 0.15) is 70.3 Å². The Bertz CT molecular complexity index is 1030. The van der Waals surface area contributed by atoms with Crippen molar-refractivity contribution in [2.75, 3.05) is 19.7 Å². The summed E-state index contributed by atoms with van der Waals surface area (Å²) in [4.78, 5) is 20.3. The van der Waals surface area contributed by atoms with Gasteiger partial charge in [-0.3, -0.25) is 9.79 Å². The second-order valence-corrected chi connectivity index (χ2v) is 10.7. The number of fused-ring (bicyclic) bond motifs is 2. The molecule has 34 heavy (non-hydrogen) atoms. The monoisotopic (exact) mass is 469 g/mol. The molecule has 4 rings (SSSR count). The highest BCUT2D eigenvalue weighted by atomic mass is 16.5. The van der Waals surface area contributed by atoms with Gasteiger partial charge in [0.15, 0.2) is 0 Å². The summed E-state index contributed by atoms with van der Waals surface area (Å²) in [6, 6.07) is 5.01. The first-order chi connectivity index (χ1) is 16.0. The lowest BCUT2D eigenvalue weighted by Gasteiger charge is -2.48. The van der Waals surface area contributed by atoms with Gasteiger partial charge in [-0.1, -0.05) is 32.9 Å². The van der Waals surface area contributed by atoms with E-state index in [1.165, 1.54) is 0 Å². The van der Waals surface area contributed by atoms with E-state index in [0.717, 1.165) is 23.4 Å². The Morgan fingerprint density at radius 3 is 2.76 bits per heavy atom. The van der Waals surface area contributed by atoms with Crippen LogP contribution in [0.4, 0.5) is 0 Å². The van der Waals surface area contributed by atoms with Gasteiger partial charge in [-0.25, -0.2) is 0 Å². The van der Waals surface area contributed by atoms with Crippen molar-refractivity contribution in [2.24, 2.45) is 10.7 Å². The van der Waals surface area contributed by atoms with Crippen LogP contribution in [0.5, 0.6) is 5.75 Å². The summed E-state index contributed by atoms with van der Waals surface area (Å²) in [5.41, 5.74) is 8.00. The molecule has 8 heteroatoms. The summed E-state index contributed by atoms with van der Waals surface area (Å²) in [6.07, 6.45) is 0.720. The molecule has 8 nitrogen and oxygen atoms in total. The first kappa shape index (κ1) is 24.4. The van der Waals surface area contributed by atoms with E-state index in [4.69, 9.17) is 15.5 Å². The lowest BCUT2D eigenvalue weighted by Crippen LogP contribution is -2.65. The number of aliphatic imine (C=N–C) groups is 1. The number of aliphatic hydroxyl groups excluding tert-OH is 1. The topological polar surface area (TPSA) is 112 Å². The summed E-state index contributed by atoms with van der Waals surface area (Å²) in [6.45, 7) is 14.0. The third-order valence-corrected chi connectivity index (χ3v) is 7.78. The first-order valence-corrected chi connectivity index (χ1v) is 12.3. The largest absolute Gasteiger partial charge is 0.492 e. The summed E-state index contributed by atoms with van der Waals surface area (Å²) >= 11 is 0. The zero-order valence-corrected chi connectivity index (χ0v) is 21.2. The van der Waals surface area contributed by atoms with Gasteiger partial charge < -0.3 is 31.1 Å². The minimum atomic E-state index is -0.830. The molecule has 3 aliphatic rings. The number of amidine groups is 1. The molecule has 3 heterocycles. The van der Waals surface area contributed by atoms with Crippen molar-refractivity contribution in [1.29, 1.82) is 0 Å². The fourth-order valence-corrected chi connectivity index (χ4v) is 5.50. The Kier molecular flexibility index (Phi) is 6.31. The summed E-state index contributed by atoms with van der Waals surface area (Å²) in [5.74, 6) is 1.95. The van der Waals surface area contributed by atoms with Gasteiger partial charge in [0.25, 0.3) is 5.91 Å². The zero-order chi connectivity index (χ0) is 24.8. The van der Waals surface area contributed by atoms with Crippen LogP contribution in [-0.4, -0.2) is 65.2 Å². The molecule has 2 saturated heterocycles. The number of amides is 1. The molecule has 2 fully saturated rings. The summed E-state index contributed by atoms with van der Waals surface area (Å²) < 4.78 is 5.96.